The van der Waals surface area contributed by atoms with Crippen LogP contribution in [-0.2, 0) is 6.42 Å². The number of fused-ring (bicyclic) bond motifs is 1. The number of hydrogen-bond acceptors (Lipinski definition) is 4. The van der Waals surface area contributed by atoms with Crippen molar-refractivity contribution in [3.8, 4) is 0 Å². The Hall–Kier alpha value is -1.85. The third kappa shape index (κ3) is 3.31. The third-order valence-electron chi connectivity index (χ3n) is 5.37. The van der Waals surface area contributed by atoms with E-state index in [1.165, 1.54) is 24.1 Å². The Morgan fingerprint density at radius 2 is 2.12 bits per heavy atom. The number of thiophene rings is 1. The number of rotatable bonds is 5. The highest BCUT2D eigenvalue weighted by atomic mass is 32.1. The van der Waals surface area contributed by atoms with Gasteiger partial charge in [-0.2, -0.15) is 0 Å². The van der Waals surface area contributed by atoms with Crippen LogP contribution >= 0.6 is 11.3 Å². The van der Waals surface area contributed by atoms with Crippen LogP contribution in [-0.4, -0.2) is 43.0 Å². The molecule has 0 bridgehead atoms. The van der Waals surface area contributed by atoms with Gasteiger partial charge in [-0.15, -0.1) is 11.3 Å². The standard InChI is InChI=1S/C20H25N3OS/c1-2-22-12-5-7-16(22)14-21-20(24)18-9-10-19(25-18)23-13-11-15-6-3-4-8-17(15)23/h3-4,6,8-10,16H,2,5,7,11-14H2,1H3,(H,21,24)/t16-/m0/s1. The lowest BCUT2D eigenvalue weighted by molar-refractivity contribution is 0.0945. The number of likely N-dealkylation sites (N-methyl/N-ethyl adjacent to an activating group) is 1. The first-order valence-electron chi connectivity index (χ1n) is 9.24. The number of carbonyl (C=O) groups excluding carboxylic acids is 1. The van der Waals surface area contributed by atoms with Crippen molar-refractivity contribution in [2.24, 2.45) is 0 Å². The SMILES string of the molecule is CCN1CCC[C@H]1CNC(=O)c1ccc(N2CCc3ccccc32)s1. The average Bonchev–Trinajstić information content (AvgIpc) is 3.37. The second-order valence-electron chi connectivity index (χ2n) is 6.80. The molecule has 1 N–H and O–H groups in total. The van der Waals surface area contributed by atoms with E-state index in [0.29, 0.717) is 6.04 Å². The quantitative estimate of drug-likeness (QED) is 0.889. The maximum Gasteiger partial charge on any atom is 0.261 e. The minimum atomic E-state index is 0.0617. The second-order valence-corrected chi connectivity index (χ2v) is 7.87. The fourth-order valence-corrected chi connectivity index (χ4v) is 4.96. The van der Waals surface area contributed by atoms with E-state index in [2.05, 4.69) is 52.4 Å². The van der Waals surface area contributed by atoms with E-state index < -0.39 is 0 Å². The molecule has 0 unspecified atom stereocenters. The topological polar surface area (TPSA) is 35.6 Å². The number of nitrogens with zero attached hydrogens (tertiary/aromatic N) is 2. The Balaban J connectivity index is 1.41. The van der Waals surface area contributed by atoms with Crippen molar-refractivity contribution < 1.29 is 4.79 Å². The number of likely N-dealkylation sites (tertiary alicyclic amines) is 1. The predicted octanol–water partition coefficient (Wildman–Crippen LogP) is 3.66. The highest BCUT2D eigenvalue weighted by Crippen LogP contribution is 2.38. The molecule has 0 saturated carbocycles. The zero-order valence-electron chi connectivity index (χ0n) is 14.7. The molecule has 2 aromatic rings. The molecule has 2 aliphatic rings. The minimum absolute atomic E-state index is 0.0617. The number of amides is 1. The van der Waals surface area contributed by atoms with Crippen molar-refractivity contribution in [1.82, 2.24) is 10.2 Å². The summed E-state index contributed by atoms with van der Waals surface area (Å²) >= 11 is 1.59. The fourth-order valence-electron chi connectivity index (χ4n) is 4.00. The largest absolute Gasteiger partial charge is 0.350 e. The van der Waals surface area contributed by atoms with Gasteiger partial charge in [-0.3, -0.25) is 9.69 Å². The molecule has 4 nitrogen and oxygen atoms in total. The lowest BCUT2D eigenvalue weighted by Crippen LogP contribution is -2.39. The van der Waals surface area contributed by atoms with E-state index in [-0.39, 0.29) is 5.91 Å². The van der Waals surface area contributed by atoms with Crippen LogP contribution in [0.25, 0.3) is 0 Å². The Morgan fingerprint density at radius 1 is 1.24 bits per heavy atom. The molecule has 0 aliphatic carbocycles. The summed E-state index contributed by atoms with van der Waals surface area (Å²) in [4.78, 5) is 18.1. The van der Waals surface area contributed by atoms with Crippen LogP contribution < -0.4 is 10.2 Å². The summed E-state index contributed by atoms with van der Waals surface area (Å²) in [7, 11) is 0. The monoisotopic (exact) mass is 355 g/mol. The lowest BCUT2D eigenvalue weighted by atomic mass is 10.2. The number of benzene rings is 1. The number of anilines is 2. The van der Waals surface area contributed by atoms with Gasteiger partial charge >= 0.3 is 0 Å². The Kier molecular flexibility index (Phi) is 4.77. The molecule has 0 radical (unpaired) electrons. The first kappa shape index (κ1) is 16.6. The van der Waals surface area contributed by atoms with Crippen molar-refractivity contribution in [2.75, 3.05) is 31.1 Å². The molecular formula is C20H25N3OS. The van der Waals surface area contributed by atoms with E-state index in [0.717, 1.165) is 42.5 Å². The van der Waals surface area contributed by atoms with E-state index in [4.69, 9.17) is 0 Å². The van der Waals surface area contributed by atoms with E-state index in [1.54, 1.807) is 11.3 Å². The van der Waals surface area contributed by atoms with Crippen LogP contribution in [0.5, 0.6) is 0 Å². The molecule has 1 aromatic heterocycles. The summed E-state index contributed by atoms with van der Waals surface area (Å²) in [5.74, 6) is 0.0617. The highest BCUT2D eigenvalue weighted by Gasteiger charge is 2.25. The van der Waals surface area contributed by atoms with Gasteiger partial charge in [0.25, 0.3) is 5.91 Å². The molecule has 132 valence electrons. The van der Waals surface area contributed by atoms with Gasteiger partial charge in [0, 0.05) is 24.8 Å². The smallest absolute Gasteiger partial charge is 0.261 e. The van der Waals surface area contributed by atoms with Crippen molar-refractivity contribution in [3.63, 3.8) is 0 Å². The molecule has 25 heavy (non-hydrogen) atoms. The summed E-state index contributed by atoms with van der Waals surface area (Å²) in [6, 6.07) is 13.1. The Labute approximate surface area is 153 Å². The predicted molar refractivity (Wildman–Crippen MR) is 104 cm³/mol. The first-order chi connectivity index (χ1) is 12.3. The van der Waals surface area contributed by atoms with Gasteiger partial charge in [0.05, 0.1) is 9.88 Å². The van der Waals surface area contributed by atoms with Crippen LogP contribution in [0.1, 0.15) is 35.0 Å². The van der Waals surface area contributed by atoms with Crippen LogP contribution in [0.3, 0.4) is 0 Å². The molecule has 0 spiro atoms. The average molecular weight is 356 g/mol. The summed E-state index contributed by atoms with van der Waals surface area (Å²) in [5.41, 5.74) is 2.67. The molecule has 4 rings (SSSR count). The molecule has 1 aromatic carbocycles. The zero-order chi connectivity index (χ0) is 17.2. The first-order valence-corrected chi connectivity index (χ1v) is 10.1. The summed E-state index contributed by atoms with van der Waals surface area (Å²) in [5, 5.41) is 4.30. The summed E-state index contributed by atoms with van der Waals surface area (Å²) in [6.07, 6.45) is 3.50. The van der Waals surface area contributed by atoms with Crippen molar-refractivity contribution in [2.45, 2.75) is 32.2 Å². The minimum Gasteiger partial charge on any atom is -0.350 e. The van der Waals surface area contributed by atoms with Gasteiger partial charge in [0.2, 0.25) is 0 Å². The fraction of sp³-hybridized carbons (Fsp3) is 0.450. The zero-order valence-corrected chi connectivity index (χ0v) is 15.5. The van der Waals surface area contributed by atoms with E-state index in [1.807, 2.05) is 6.07 Å². The van der Waals surface area contributed by atoms with Crippen molar-refractivity contribution in [3.05, 3.63) is 46.8 Å². The highest BCUT2D eigenvalue weighted by molar-refractivity contribution is 7.18. The van der Waals surface area contributed by atoms with E-state index >= 15 is 0 Å². The third-order valence-corrected chi connectivity index (χ3v) is 6.48. The van der Waals surface area contributed by atoms with Gasteiger partial charge in [-0.05, 0) is 56.1 Å². The Morgan fingerprint density at radius 3 is 3.00 bits per heavy atom. The van der Waals surface area contributed by atoms with Crippen LogP contribution in [0.2, 0.25) is 0 Å². The molecule has 1 amide bonds. The lowest BCUT2D eigenvalue weighted by Gasteiger charge is -2.22. The molecule has 1 fully saturated rings. The Bertz CT molecular complexity index is 757. The van der Waals surface area contributed by atoms with Gasteiger partial charge < -0.3 is 10.2 Å². The number of nitrogens with one attached hydrogen (secondary N) is 1. The van der Waals surface area contributed by atoms with Crippen LogP contribution in [0, 0.1) is 0 Å². The van der Waals surface area contributed by atoms with Gasteiger partial charge in [0.15, 0.2) is 0 Å². The van der Waals surface area contributed by atoms with Crippen molar-refractivity contribution >= 4 is 27.9 Å². The van der Waals surface area contributed by atoms with Crippen molar-refractivity contribution in [1.29, 1.82) is 0 Å². The molecule has 1 atom stereocenters. The van der Waals surface area contributed by atoms with Gasteiger partial charge in [-0.1, -0.05) is 25.1 Å². The number of para-hydroxylation sites is 1. The van der Waals surface area contributed by atoms with E-state index in [9.17, 15) is 4.79 Å². The maximum atomic E-state index is 12.5. The normalized spacial score (nSPS) is 20.0. The molecule has 5 heteroatoms. The van der Waals surface area contributed by atoms with Crippen LogP contribution in [0.4, 0.5) is 10.7 Å². The molecule has 2 aliphatic heterocycles. The number of carbonyl (C=O) groups is 1. The van der Waals surface area contributed by atoms with Crippen LogP contribution in [0.15, 0.2) is 36.4 Å². The molecule has 1 saturated heterocycles. The maximum absolute atomic E-state index is 12.5. The number of hydrogen-bond donors (Lipinski definition) is 1. The summed E-state index contributed by atoms with van der Waals surface area (Å²) in [6.45, 7) is 6.17. The summed E-state index contributed by atoms with van der Waals surface area (Å²) < 4.78 is 0. The van der Waals surface area contributed by atoms with Gasteiger partial charge in [0.1, 0.15) is 0 Å². The second kappa shape index (κ2) is 7.18. The van der Waals surface area contributed by atoms with Gasteiger partial charge in [-0.25, -0.2) is 0 Å². The molecule has 3 heterocycles. The molecular weight excluding hydrogens is 330 g/mol.